The third-order valence-corrected chi connectivity index (χ3v) is 3.42. The molecule has 0 bridgehead atoms. The van der Waals surface area contributed by atoms with Gasteiger partial charge in [0.15, 0.2) is 5.78 Å². The van der Waals surface area contributed by atoms with Crippen molar-refractivity contribution in [3.05, 3.63) is 21.9 Å². The van der Waals surface area contributed by atoms with Gasteiger partial charge < -0.3 is 4.74 Å². The highest BCUT2D eigenvalue weighted by atomic mass is 32.1. The van der Waals surface area contributed by atoms with Crippen LogP contribution < -0.4 is 0 Å². The Hall–Kier alpha value is -1.16. The minimum absolute atomic E-state index is 0.0691. The quantitative estimate of drug-likeness (QED) is 0.587. The molecule has 0 aromatic carbocycles. The number of carbonyl (C=O) groups is 2. The lowest BCUT2D eigenvalue weighted by atomic mass is 10.2. The number of thiophene rings is 1. The van der Waals surface area contributed by atoms with Crippen LogP contribution in [0.2, 0.25) is 0 Å². The van der Waals surface area contributed by atoms with Crippen LogP contribution in [-0.2, 0) is 16.0 Å². The standard InChI is InChI=1S/C12H16O3S/c1-8(15-10(3)14)4-5-11-6-7-12(16-11)9(2)13/h6-8H,4-5H2,1-3H3/t8-/m1/s1. The average Bonchev–Trinajstić information content (AvgIpc) is 2.61. The predicted octanol–water partition coefficient (Wildman–Crippen LogP) is 2.83. The summed E-state index contributed by atoms with van der Waals surface area (Å²) < 4.78 is 5.02. The molecule has 0 amide bonds. The fourth-order valence-corrected chi connectivity index (χ4v) is 2.31. The molecule has 0 saturated heterocycles. The van der Waals surface area contributed by atoms with E-state index in [4.69, 9.17) is 4.74 Å². The summed E-state index contributed by atoms with van der Waals surface area (Å²) >= 11 is 1.51. The Bertz CT molecular complexity index is 381. The molecule has 3 nitrogen and oxygen atoms in total. The van der Waals surface area contributed by atoms with Crippen LogP contribution in [0.4, 0.5) is 0 Å². The lowest BCUT2D eigenvalue weighted by Gasteiger charge is -2.10. The number of rotatable bonds is 5. The van der Waals surface area contributed by atoms with Gasteiger partial charge in [0.05, 0.1) is 11.0 Å². The molecule has 0 saturated carbocycles. The Morgan fingerprint density at radius 3 is 2.56 bits per heavy atom. The third kappa shape index (κ3) is 4.14. The van der Waals surface area contributed by atoms with Crippen molar-refractivity contribution in [1.82, 2.24) is 0 Å². The largest absolute Gasteiger partial charge is 0.463 e. The van der Waals surface area contributed by atoms with Gasteiger partial charge in [-0.05, 0) is 38.8 Å². The van der Waals surface area contributed by atoms with Crippen LogP contribution in [0.25, 0.3) is 0 Å². The Balaban J connectivity index is 2.42. The summed E-state index contributed by atoms with van der Waals surface area (Å²) in [5, 5.41) is 0. The fraction of sp³-hybridized carbons (Fsp3) is 0.500. The number of Topliss-reactive ketones (excluding diaryl/α,β-unsaturated/α-hetero) is 1. The van der Waals surface area contributed by atoms with Gasteiger partial charge in [0.25, 0.3) is 0 Å². The smallest absolute Gasteiger partial charge is 0.302 e. The number of ether oxygens (including phenoxy) is 1. The van der Waals surface area contributed by atoms with Gasteiger partial charge in [0.2, 0.25) is 0 Å². The van der Waals surface area contributed by atoms with Crippen molar-refractivity contribution in [2.75, 3.05) is 0 Å². The van der Waals surface area contributed by atoms with Crippen molar-refractivity contribution in [3.63, 3.8) is 0 Å². The van der Waals surface area contributed by atoms with Crippen LogP contribution in [0.15, 0.2) is 12.1 Å². The lowest BCUT2D eigenvalue weighted by Crippen LogP contribution is -2.12. The summed E-state index contributed by atoms with van der Waals surface area (Å²) in [6.07, 6.45) is 1.56. The van der Waals surface area contributed by atoms with Crippen LogP contribution in [0.1, 0.15) is 41.7 Å². The molecule has 1 heterocycles. The van der Waals surface area contributed by atoms with Crippen LogP contribution in [0.3, 0.4) is 0 Å². The van der Waals surface area contributed by atoms with E-state index in [1.807, 2.05) is 19.1 Å². The molecule has 0 spiro atoms. The molecule has 0 radical (unpaired) electrons. The van der Waals surface area contributed by atoms with Crippen LogP contribution in [-0.4, -0.2) is 17.9 Å². The molecular formula is C12H16O3S. The second kappa shape index (κ2) is 5.80. The first-order valence-electron chi connectivity index (χ1n) is 5.26. The van der Waals surface area contributed by atoms with E-state index < -0.39 is 0 Å². The Morgan fingerprint density at radius 2 is 2.06 bits per heavy atom. The topological polar surface area (TPSA) is 43.4 Å². The number of aryl methyl sites for hydroxylation is 1. The minimum atomic E-state index is -0.247. The monoisotopic (exact) mass is 240 g/mol. The van der Waals surface area contributed by atoms with E-state index >= 15 is 0 Å². The van der Waals surface area contributed by atoms with Crippen molar-refractivity contribution < 1.29 is 14.3 Å². The molecule has 4 heteroatoms. The zero-order valence-corrected chi connectivity index (χ0v) is 10.6. The molecule has 16 heavy (non-hydrogen) atoms. The first kappa shape index (κ1) is 12.9. The Labute approximate surface area is 99.4 Å². The minimum Gasteiger partial charge on any atom is -0.463 e. The van der Waals surface area contributed by atoms with Crippen LogP contribution in [0, 0.1) is 0 Å². The summed E-state index contributed by atoms with van der Waals surface area (Å²) in [5.41, 5.74) is 0. The maximum atomic E-state index is 11.1. The lowest BCUT2D eigenvalue weighted by molar-refractivity contribution is -0.145. The summed E-state index contributed by atoms with van der Waals surface area (Å²) in [6, 6.07) is 3.81. The number of hydrogen-bond donors (Lipinski definition) is 0. The van der Waals surface area contributed by atoms with E-state index in [1.54, 1.807) is 6.92 Å². The van der Waals surface area contributed by atoms with Gasteiger partial charge in [-0.1, -0.05) is 0 Å². The van der Waals surface area contributed by atoms with E-state index in [0.717, 1.165) is 22.6 Å². The van der Waals surface area contributed by atoms with Crippen molar-refractivity contribution in [1.29, 1.82) is 0 Å². The Morgan fingerprint density at radius 1 is 1.38 bits per heavy atom. The maximum Gasteiger partial charge on any atom is 0.302 e. The first-order chi connectivity index (χ1) is 7.49. The zero-order valence-electron chi connectivity index (χ0n) is 9.78. The molecule has 0 aliphatic carbocycles. The highest BCUT2D eigenvalue weighted by Gasteiger charge is 2.08. The Kier molecular flexibility index (Phi) is 4.68. The van der Waals surface area contributed by atoms with Gasteiger partial charge in [-0.15, -0.1) is 11.3 Å². The third-order valence-electron chi connectivity index (χ3n) is 2.17. The van der Waals surface area contributed by atoms with Gasteiger partial charge in [-0.2, -0.15) is 0 Å². The molecule has 0 aliphatic heterocycles. The highest BCUT2D eigenvalue weighted by Crippen LogP contribution is 2.19. The fourth-order valence-electron chi connectivity index (χ4n) is 1.39. The first-order valence-corrected chi connectivity index (χ1v) is 6.07. The number of esters is 1. The zero-order chi connectivity index (χ0) is 12.1. The van der Waals surface area contributed by atoms with E-state index in [2.05, 4.69) is 0 Å². The van der Waals surface area contributed by atoms with Gasteiger partial charge in [0.1, 0.15) is 0 Å². The van der Waals surface area contributed by atoms with Crippen molar-refractivity contribution >= 4 is 23.1 Å². The average molecular weight is 240 g/mol. The molecule has 1 aromatic rings. The van der Waals surface area contributed by atoms with Gasteiger partial charge in [0, 0.05) is 11.8 Å². The van der Waals surface area contributed by atoms with E-state index in [0.29, 0.717) is 0 Å². The molecule has 0 fully saturated rings. The van der Waals surface area contributed by atoms with Crippen LogP contribution >= 0.6 is 11.3 Å². The summed E-state index contributed by atoms with van der Waals surface area (Å²) in [6.45, 7) is 4.85. The van der Waals surface area contributed by atoms with E-state index in [1.165, 1.54) is 18.3 Å². The van der Waals surface area contributed by atoms with E-state index in [-0.39, 0.29) is 17.9 Å². The SMILES string of the molecule is CC(=O)O[C@H](C)CCc1ccc(C(C)=O)s1. The van der Waals surface area contributed by atoms with Crippen molar-refractivity contribution in [3.8, 4) is 0 Å². The molecule has 88 valence electrons. The van der Waals surface area contributed by atoms with Gasteiger partial charge in [-0.3, -0.25) is 9.59 Å². The van der Waals surface area contributed by atoms with Gasteiger partial charge >= 0.3 is 5.97 Å². The summed E-state index contributed by atoms with van der Waals surface area (Å²) in [5.74, 6) is -0.146. The van der Waals surface area contributed by atoms with Crippen molar-refractivity contribution in [2.24, 2.45) is 0 Å². The highest BCUT2D eigenvalue weighted by molar-refractivity contribution is 7.14. The second-order valence-corrected chi connectivity index (χ2v) is 4.95. The molecule has 0 aliphatic rings. The van der Waals surface area contributed by atoms with Gasteiger partial charge in [-0.25, -0.2) is 0 Å². The van der Waals surface area contributed by atoms with Crippen molar-refractivity contribution in [2.45, 2.75) is 39.7 Å². The molecule has 1 atom stereocenters. The molecule has 0 unspecified atom stereocenters. The number of hydrogen-bond acceptors (Lipinski definition) is 4. The molecule has 1 rings (SSSR count). The predicted molar refractivity (Wildman–Crippen MR) is 63.9 cm³/mol. The second-order valence-electron chi connectivity index (χ2n) is 3.78. The molecule has 1 aromatic heterocycles. The molecular weight excluding hydrogens is 224 g/mol. The number of carbonyl (C=O) groups excluding carboxylic acids is 2. The number of ketones is 1. The maximum absolute atomic E-state index is 11.1. The summed E-state index contributed by atoms with van der Waals surface area (Å²) in [4.78, 5) is 23.7. The van der Waals surface area contributed by atoms with Crippen LogP contribution in [0.5, 0.6) is 0 Å². The normalized spacial score (nSPS) is 12.2. The molecule has 0 N–H and O–H groups in total. The summed E-state index contributed by atoms with van der Waals surface area (Å²) in [7, 11) is 0. The van der Waals surface area contributed by atoms with E-state index in [9.17, 15) is 9.59 Å².